The Morgan fingerprint density at radius 1 is 0.500 bits per heavy atom. The molecular formula is C40H68N6O6. The van der Waals surface area contributed by atoms with Crippen LogP contribution in [0.5, 0.6) is 0 Å². The molecular weight excluding hydrogens is 660 g/mol. The fourth-order valence-electron chi connectivity index (χ4n) is 6.97. The van der Waals surface area contributed by atoms with E-state index in [0.717, 1.165) is 70.6 Å². The molecule has 294 valence electrons. The Kier molecular flexibility index (Phi) is 21.9. The maximum absolute atomic E-state index is 11.1. The van der Waals surface area contributed by atoms with Gasteiger partial charge < -0.3 is 31.9 Å². The van der Waals surface area contributed by atoms with Crippen molar-refractivity contribution < 1.29 is 28.8 Å². The van der Waals surface area contributed by atoms with Crippen molar-refractivity contribution >= 4 is 34.7 Å². The van der Waals surface area contributed by atoms with Crippen LogP contribution in [0.15, 0.2) is 24.4 Å². The largest absolute Gasteiger partial charge is 0.381 e. The van der Waals surface area contributed by atoms with E-state index >= 15 is 0 Å². The van der Waals surface area contributed by atoms with Gasteiger partial charge in [-0.05, 0) is 131 Å². The average Bonchev–Trinajstić information content (AvgIpc) is 3.93. The normalized spacial score (nSPS) is 30.5. The number of nitrogens with one attached hydrogen (secondary N) is 6. The molecule has 7 rings (SSSR count). The van der Waals surface area contributed by atoms with E-state index < -0.39 is 0 Å². The third kappa shape index (κ3) is 17.7. The maximum Gasteiger partial charge on any atom is 0.152 e. The van der Waals surface area contributed by atoms with Gasteiger partial charge in [0.2, 0.25) is 0 Å². The van der Waals surface area contributed by atoms with E-state index in [1.807, 2.05) is 24.4 Å². The molecule has 0 aromatic carbocycles. The number of piperidine rings is 1. The summed E-state index contributed by atoms with van der Waals surface area (Å²) < 4.78 is 0. The summed E-state index contributed by atoms with van der Waals surface area (Å²) in [6, 6.07) is 1.43. The topological polar surface area (TPSA) is 175 Å². The Hall–Kier alpha value is -2.90. The van der Waals surface area contributed by atoms with Crippen LogP contribution in [0.2, 0.25) is 0 Å². The van der Waals surface area contributed by atoms with Crippen LogP contribution in [0.3, 0.4) is 0 Å². The van der Waals surface area contributed by atoms with Crippen molar-refractivity contribution in [2.24, 2.45) is 5.92 Å². The molecule has 6 heterocycles. The predicted molar refractivity (Wildman–Crippen MR) is 206 cm³/mol. The molecule has 0 aromatic rings. The van der Waals surface area contributed by atoms with Crippen LogP contribution in [0.4, 0.5) is 0 Å². The highest BCUT2D eigenvalue weighted by Gasteiger charge is 2.36. The van der Waals surface area contributed by atoms with E-state index in [0.29, 0.717) is 11.8 Å². The molecule has 2 unspecified atom stereocenters. The van der Waals surface area contributed by atoms with E-state index in [9.17, 15) is 28.8 Å². The summed E-state index contributed by atoms with van der Waals surface area (Å²) in [6.45, 7) is 13.7. The lowest BCUT2D eigenvalue weighted by Gasteiger charge is -2.24. The Morgan fingerprint density at radius 3 is 1.35 bits per heavy atom. The van der Waals surface area contributed by atoms with Crippen molar-refractivity contribution in [2.45, 2.75) is 161 Å². The van der Waals surface area contributed by atoms with Crippen molar-refractivity contribution in [2.75, 3.05) is 26.2 Å². The molecule has 0 bridgehead atoms. The number of ketones is 6. The molecule has 0 aromatic heterocycles. The second-order valence-electron chi connectivity index (χ2n) is 14.9. The first-order chi connectivity index (χ1) is 24.8. The SMILES string of the molecule is CC(=O)[C@@H]1C=CCN1.CC(=O)[C@@H]1CC2CCCCC2N1.CC(=O)[C@@H]1CC=CN1.CC(=O)[C@@H]1CCCCN1.CC(=O)[C@@H]1CCCN1.CC(=O)[C@@H]1CCN1. The molecule has 8 atom stereocenters. The van der Waals surface area contributed by atoms with Gasteiger partial charge in [0.1, 0.15) is 23.1 Å². The Bertz CT molecular complexity index is 1170. The quantitative estimate of drug-likeness (QED) is 0.221. The average molecular weight is 729 g/mol. The summed E-state index contributed by atoms with van der Waals surface area (Å²) in [5, 5.41) is 18.6. The molecule has 12 heteroatoms. The van der Waals surface area contributed by atoms with E-state index in [4.69, 9.17) is 0 Å². The zero-order chi connectivity index (χ0) is 38.5. The minimum absolute atomic E-state index is 0.00463. The highest BCUT2D eigenvalue weighted by molar-refractivity contribution is 5.84. The monoisotopic (exact) mass is 729 g/mol. The van der Waals surface area contributed by atoms with Crippen molar-refractivity contribution in [3.63, 3.8) is 0 Å². The predicted octanol–water partition coefficient (Wildman–Crippen LogP) is 3.03. The van der Waals surface area contributed by atoms with Crippen LogP contribution in [0.1, 0.15) is 119 Å². The summed E-state index contributed by atoms with van der Waals surface area (Å²) >= 11 is 0. The zero-order valence-corrected chi connectivity index (χ0v) is 32.7. The number of fused-ring (bicyclic) bond motifs is 1. The first-order valence-electron chi connectivity index (χ1n) is 19.6. The van der Waals surface area contributed by atoms with Gasteiger partial charge in [-0.15, -0.1) is 0 Å². The Balaban J connectivity index is 0.000000218. The first kappa shape index (κ1) is 45.3. The molecule has 1 saturated carbocycles. The second kappa shape index (κ2) is 25.2. The van der Waals surface area contributed by atoms with E-state index in [-0.39, 0.29) is 65.2 Å². The van der Waals surface area contributed by atoms with Crippen LogP contribution in [-0.2, 0) is 28.8 Å². The van der Waals surface area contributed by atoms with Crippen LogP contribution in [0, 0.1) is 5.92 Å². The van der Waals surface area contributed by atoms with Gasteiger partial charge in [0.05, 0.1) is 36.3 Å². The molecule has 0 radical (unpaired) electrons. The third-order valence-corrected chi connectivity index (χ3v) is 10.5. The molecule has 1 aliphatic carbocycles. The molecule has 12 nitrogen and oxygen atoms in total. The van der Waals surface area contributed by atoms with Gasteiger partial charge in [-0.25, -0.2) is 0 Å². The van der Waals surface area contributed by atoms with Crippen LogP contribution < -0.4 is 31.9 Å². The van der Waals surface area contributed by atoms with E-state index in [1.54, 1.807) is 41.5 Å². The van der Waals surface area contributed by atoms with Gasteiger partial charge in [0, 0.05) is 12.6 Å². The third-order valence-electron chi connectivity index (χ3n) is 10.5. The van der Waals surface area contributed by atoms with Gasteiger partial charge in [-0.2, -0.15) is 0 Å². The van der Waals surface area contributed by atoms with Gasteiger partial charge in [-0.3, -0.25) is 28.8 Å². The second-order valence-corrected chi connectivity index (χ2v) is 14.9. The first-order valence-corrected chi connectivity index (χ1v) is 19.6. The summed E-state index contributed by atoms with van der Waals surface area (Å²) in [4.78, 5) is 63.9. The lowest BCUT2D eigenvalue weighted by atomic mass is 9.85. The van der Waals surface area contributed by atoms with Crippen LogP contribution in [0.25, 0.3) is 0 Å². The minimum atomic E-state index is -0.00463. The standard InChI is InChI=1S/C10H17NO.C7H13NO.C6H11NO.2C6H9NO.C5H9NO/c1-7(12)10-6-8-4-2-3-5-9(8)11-10;1-6(9)7-4-2-3-5-8-7;3*1-5(8)6-3-2-4-7-6;1-4(7)5-2-3-6-5/h8-11H,2-6H2,1H3;7-8H,2-5H2,1H3;6-7H,2-4H2,1H3;2,4,6-7H,3H2,1H3;2-3,6-7H,4H2,1H3;5-6H,2-3H2,1H3/t8?,9?,10-;7-;3*6-;5-/m000000/s1. The molecule has 7 aliphatic rings. The van der Waals surface area contributed by atoms with Crippen LogP contribution in [-0.4, -0.2) is 103 Å². The Labute approximate surface area is 312 Å². The van der Waals surface area contributed by atoms with Crippen molar-refractivity contribution in [1.82, 2.24) is 31.9 Å². The number of carbonyl (C=O) groups excluding carboxylic acids is 6. The van der Waals surface area contributed by atoms with Crippen molar-refractivity contribution in [3.05, 3.63) is 24.4 Å². The van der Waals surface area contributed by atoms with Gasteiger partial charge in [-0.1, -0.05) is 37.5 Å². The highest BCUT2D eigenvalue weighted by Crippen LogP contribution is 2.33. The van der Waals surface area contributed by atoms with Gasteiger partial charge in [0.25, 0.3) is 0 Å². The molecule has 6 aliphatic heterocycles. The molecule has 0 amide bonds. The zero-order valence-electron chi connectivity index (χ0n) is 32.7. The van der Waals surface area contributed by atoms with E-state index in [2.05, 4.69) is 31.9 Å². The van der Waals surface area contributed by atoms with Crippen molar-refractivity contribution in [1.29, 1.82) is 0 Å². The maximum atomic E-state index is 11.1. The van der Waals surface area contributed by atoms with Crippen molar-refractivity contribution in [3.8, 4) is 0 Å². The van der Waals surface area contributed by atoms with Gasteiger partial charge in [0.15, 0.2) is 11.6 Å². The molecule has 5 fully saturated rings. The fourth-order valence-corrected chi connectivity index (χ4v) is 6.97. The number of carbonyl (C=O) groups is 6. The lowest BCUT2D eigenvalue weighted by molar-refractivity contribution is -0.121. The fraction of sp³-hybridized carbons (Fsp3) is 0.750. The molecule has 0 spiro atoms. The highest BCUT2D eigenvalue weighted by atomic mass is 16.1. The number of Topliss-reactive ketones (excluding diaryl/α,β-unsaturated/α-hetero) is 6. The minimum Gasteiger partial charge on any atom is -0.381 e. The van der Waals surface area contributed by atoms with Gasteiger partial charge >= 0.3 is 0 Å². The molecule has 6 N–H and O–H groups in total. The summed E-state index contributed by atoms with van der Waals surface area (Å²) in [5.41, 5.74) is 0. The molecule has 52 heavy (non-hydrogen) atoms. The molecule has 4 saturated heterocycles. The lowest BCUT2D eigenvalue weighted by Crippen LogP contribution is -2.47. The number of rotatable bonds is 6. The van der Waals surface area contributed by atoms with E-state index in [1.165, 1.54) is 38.5 Å². The van der Waals surface area contributed by atoms with Crippen LogP contribution >= 0.6 is 0 Å². The number of hydrogen-bond acceptors (Lipinski definition) is 12. The summed E-state index contributed by atoms with van der Waals surface area (Å²) in [6.07, 6.45) is 21.6. The number of hydrogen-bond donors (Lipinski definition) is 6. The smallest absolute Gasteiger partial charge is 0.152 e. The summed E-state index contributed by atoms with van der Waals surface area (Å²) in [7, 11) is 0. The summed E-state index contributed by atoms with van der Waals surface area (Å²) in [5.74, 6) is 2.37. The Morgan fingerprint density at radius 2 is 1.02 bits per heavy atom.